The van der Waals surface area contributed by atoms with Crippen LogP contribution in [0.5, 0.6) is 0 Å². The maximum Gasteiger partial charge on any atom is 0.325 e. The van der Waals surface area contributed by atoms with Gasteiger partial charge in [-0.15, -0.1) is 0 Å². The average molecular weight is 425 g/mol. The number of methoxy groups -OCH3 is 1. The minimum Gasteiger partial charge on any atom is -0.468 e. The lowest BCUT2D eigenvalue weighted by molar-refractivity contribution is -0.384. The molecule has 2 aromatic carbocycles. The van der Waals surface area contributed by atoms with E-state index in [1.54, 1.807) is 16.7 Å². The molecule has 30 heavy (non-hydrogen) atoms. The van der Waals surface area contributed by atoms with Gasteiger partial charge in [-0.05, 0) is 60.9 Å². The van der Waals surface area contributed by atoms with Crippen LogP contribution in [0.2, 0.25) is 0 Å². The van der Waals surface area contributed by atoms with Gasteiger partial charge in [-0.3, -0.25) is 19.7 Å². The molecule has 0 unspecified atom stereocenters. The van der Waals surface area contributed by atoms with Crippen LogP contribution < -0.4 is 4.80 Å². The highest BCUT2D eigenvalue weighted by molar-refractivity contribution is 7.16. The summed E-state index contributed by atoms with van der Waals surface area (Å²) in [6, 6.07) is 9.78. The molecule has 0 atom stereocenters. The van der Waals surface area contributed by atoms with Crippen LogP contribution in [0.25, 0.3) is 16.3 Å². The van der Waals surface area contributed by atoms with Crippen molar-refractivity contribution in [3.63, 3.8) is 0 Å². The molecule has 9 heteroatoms. The van der Waals surface area contributed by atoms with E-state index < -0.39 is 16.8 Å². The summed E-state index contributed by atoms with van der Waals surface area (Å²) >= 11 is 1.31. The summed E-state index contributed by atoms with van der Waals surface area (Å²) in [6.07, 6.45) is 2.81. The Morgan fingerprint density at radius 1 is 1.20 bits per heavy atom. The third-order valence-electron chi connectivity index (χ3n) is 4.54. The molecule has 0 spiro atoms. The first-order chi connectivity index (χ1) is 14.3. The number of fused-ring (bicyclic) bond motifs is 1. The van der Waals surface area contributed by atoms with Crippen LogP contribution in [0.3, 0.4) is 0 Å². The van der Waals surface area contributed by atoms with Crippen LogP contribution in [0.4, 0.5) is 5.69 Å². The highest BCUT2D eigenvalue weighted by Crippen LogP contribution is 2.22. The Balaban J connectivity index is 1.97. The number of nitro benzene ring substituents is 1. The number of thiazole rings is 1. The Bertz CT molecular complexity index is 1240. The predicted octanol–water partition coefficient (Wildman–Crippen LogP) is 3.54. The van der Waals surface area contributed by atoms with E-state index in [1.165, 1.54) is 42.7 Å². The number of rotatable bonds is 5. The molecule has 1 aromatic heterocycles. The molecule has 0 aliphatic heterocycles. The average Bonchev–Trinajstić information content (AvgIpc) is 3.02. The summed E-state index contributed by atoms with van der Waals surface area (Å²) in [7, 11) is 1.31. The number of amides is 1. The number of hydrogen-bond acceptors (Lipinski definition) is 6. The van der Waals surface area contributed by atoms with E-state index in [-0.39, 0.29) is 12.2 Å². The second kappa shape index (κ2) is 8.83. The number of carbonyl (C=O) groups excluding carboxylic acids is 2. The van der Waals surface area contributed by atoms with Crippen LogP contribution >= 0.6 is 11.3 Å². The quantitative estimate of drug-likeness (QED) is 0.269. The van der Waals surface area contributed by atoms with E-state index in [0.29, 0.717) is 10.4 Å². The molecule has 154 valence electrons. The van der Waals surface area contributed by atoms with Gasteiger partial charge in [-0.2, -0.15) is 4.99 Å². The van der Waals surface area contributed by atoms with Crippen molar-refractivity contribution in [3.05, 3.63) is 74.1 Å². The maximum absolute atomic E-state index is 12.4. The smallest absolute Gasteiger partial charge is 0.325 e. The van der Waals surface area contributed by atoms with Crippen molar-refractivity contribution in [3.8, 4) is 0 Å². The third kappa shape index (κ3) is 4.69. The van der Waals surface area contributed by atoms with Gasteiger partial charge in [-0.25, -0.2) is 0 Å². The van der Waals surface area contributed by atoms with Gasteiger partial charge >= 0.3 is 5.97 Å². The second-order valence-corrected chi connectivity index (χ2v) is 7.59. The van der Waals surface area contributed by atoms with E-state index in [2.05, 4.69) is 4.99 Å². The van der Waals surface area contributed by atoms with Crippen molar-refractivity contribution < 1.29 is 19.2 Å². The van der Waals surface area contributed by atoms with Crippen molar-refractivity contribution in [2.75, 3.05) is 7.11 Å². The van der Waals surface area contributed by atoms with Gasteiger partial charge in [0, 0.05) is 18.2 Å². The summed E-state index contributed by atoms with van der Waals surface area (Å²) < 4.78 is 7.35. The SMILES string of the molecule is COC(=O)Cn1c(=NC(=O)C=Cc2ccc([N+](=O)[O-])cc2)sc2cc(C)c(C)cc21. The summed E-state index contributed by atoms with van der Waals surface area (Å²) in [4.78, 5) is 39.0. The number of benzene rings is 2. The molecule has 0 fully saturated rings. The largest absolute Gasteiger partial charge is 0.468 e. The number of aryl methyl sites for hydroxylation is 2. The molecule has 0 aliphatic carbocycles. The Hall–Kier alpha value is -3.59. The highest BCUT2D eigenvalue weighted by atomic mass is 32.1. The Kier molecular flexibility index (Phi) is 6.22. The van der Waals surface area contributed by atoms with Gasteiger partial charge < -0.3 is 9.30 Å². The molecule has 0 bridgehead atoms. The first-order valence-corrected chi connectivity index (χ1v) is 9.79. The number of ether oxygens (including phenoxy) is 1. The van der Waals surface area contributed by atoms with Gasteiger partial charge in [0.05, 0.1) is 22.2 Å². The molecule has 1 amide bonds. The minimum absolute atomic E-state index is 0.0251. The topological polar surface area (TPSA) is 104 Å². The summed E-state index contributed by atoms with van der Waals surface area (Å²) in [5.41, 5.74) is 3.58. The van der Waals surface area contributed by atoms with E-state index in [0.717, 1.165) is 21.3 Å². The number of esters is 1. The number of nitrogens with zero attached hydrogens (tertiary/aromatic N) is 3. The molecule has 0 aliphatic rings. The normalized spacial score (nSPS) is 11.9. The van der Waals surface area contributed by atoms with Crippen LogP contribution in [0, 0.1) is 24.0 Å². The van der Waals surface area contributed by atoms with E-state index in [4.69, 9.17) is 4.74 Å². The Morgan fingerprint density at radius 3 is 2.50 bits per heavy atom. The number of non-ortho nitro benzene ring substituents is 1. The monoisotopic (exact) mass is 425 g/mol. The van der Waals surface area contributed by atoms with Crippen molar-refractivity contribution in [2.45, 2.75) is 20.4 Å². The molecule has 1 heterocycles. The van der Waals surface area contributed by atoms with E-state index in [9.17, 15) is 19.7 Å². The van der Waals surface area contributed by atoms with Crippen LogP contribution in [0.15, 0.2) is 47.5 Å². The summed E-state index contributed by atoms with van der Waals surface area (Å²) in [5.74, 6) is -0.949. The molecule has 0 saturated heterocycles. The fourth-order valence-electron chi connectivity index (χ4n) is 2.76. The first-order valence-electron chi connectivity index (χ1n) is 8.97. The Labute approximate surface area is 175 Å². The van der Waals surface area contributed by atoms with Gasteiger partial charge in [0.25, 0.3) is 11.6 Å². The highest BCUT2D eigenvalue weighted by Gasteiger charge is 2.12. The summed E-state index contributed by atoms with van der Waals surface area (Å²) in [5, 5.41) is 10.7. The molecular formula is C21H19N3O5S. The zero-order valence-corrected chi connectivity index (χ0v) is 17.4. The molecule has 0 N–H and O–H groups in total. The van der Waals surface area contributed by atoms with Crippen LogP contribution in [-0.4, -0.2) is 28.5 Å². The predicted molar refractivity (Wildman–Crippen MR) is 114 cm³/mol. The summed E-state index contributed by atoms with van der Waals surface area (Å²) in [6.45, 7) is 3.91. The second-order valence-electron chi connectivity index (χ2n) is 6.58. The molecular weight excluding hydrogens is 406 g/mol. The zero-order chi connectivity index (χ0) is 21.8. The molecule has 3 rings (SSSR count). The molecule has 0 saturated carbocycles. The van der Waals surface area contributed by atoms with Crippen molar-refractivity contribution in [2.24, 2.45) is 4.99 Å². The van der Waals surface area contributed by atoms with Gasteiger partial charge in [-0.1, -0.05) is 11.3 Å². The Morgan fingerprint density at radius 2 is 1.87 bits per heavy atom. The fourth-order valence-corrected chi connectivity index (χ4v) is 3.87. The van der Waals surface area contributed by atoms with Crippen molar-refractivity contribution in [1.29, 1.82) is 0 Å². The van der Waals surface area contributed by atoms with Gasteiger partial charge in [0.2, 0.25) is 0 Å². The van der Waals surface area contributed by atoms with Crippen LogP contribution in [0.1, 0.15) is 16.7 Å². The molecule has 3 aromatic rings. The fraction of sp³-hybridized carbons (Fsp3) is 0.190. The minimum atomic E-state index is -0.507. The first kappa shape index (κ1) is 21.1. The standard InChI is InChI=1S/C21H19N3O5S/c1-13-10-17-18(11-14(13)2)30-21(23(17)12-20(26)29-3)22-19(25)9-6-15-4-7-16(8-5-15)24(27)28/h4-11H,12H2,1-3H3. The van der Waals surface area contributed by atoms with Crippen LogP contribution in [-0.2, 0) is 20.9 Å². The zero-order valence-electron chi connectivity index (χ0n) is 16.6. The number of hydrogen-bond donors (Lipinski definition) is 0. The van der Waals surface area contributed by atoms with Crippen molar-refractivity contribution >= 4 is 45.2 Å². The lowest BCUT2D eigenvalue weighted by atomic mass is 10.1. The maximum atomic E-state index is 12.4. The van der Waals surface area contributed by atoms with Gasteiger partial charge in [0.1, 0.15) is 6.54 Å². The lowest BCUT2D eigenvalue weighted by Crippen LogP contribution is -2.22. The lowest BCUT2D eigenvalue weighted by Gasteiger charge is -2.05. The number of nitro groups is 1. The molecule has 0 radical (unpaired) electrons. The number of carbonyl (C=O) groups is 2. The number of aromatic nitrogens is 1. The van der Waals surface area contributed by atoms with E-state index >= 15 is 0 Å². The third-order valence-corrected chi connectivity index (χ3v) is 5.58. The van der Waals surface area contributed by atoms with E-state index in [1.807, 2.05) is 26.0 Å². The van der Waals surface area contributed by atoms with Gasteiger partial charge in [0.15, 0.2) is 4.80 Å². The van der Waals surface area contributed by atoms with Crippen molar-refractivity contribution in [1.82, 2.24) is 4.57 Å². The molecule has 8 nitrogen and oxygen atoms in total.